The Balaban J connectivity index is 1.32. The van der Waals surface area contributed by atoms with Crippen LogP contribution in [-0.4, -0.2) is 0 Å². The van der Waals surface area contributed by atoms with E-state index in [2.05, 4.69) is 169 Å². The van der Waals surface area contributed by atoms with Crippen molar-refractivity contribution < 1.29 is 4.42 Å². The molecular formula is C40H27NO. The number of hydrogen-bond acceptors (Lipinski definition) is 2. The molecular weight excluding hydrogens is 510 g/mol. The first-order valence-corrected chi connectivity index (χ1v) is 14.3. The number of benzene rings is 7. The predicted octanol–water partition coefficient (Wildman–Crippen LogP) is 11.5. The molecule has 0 bridgehead atoms. The molecule has 42 heavy (non-hydrogen) atoms. The topological polar surface area (TPSA) is 16.4 Å². The summed E-state index contributed by atoms with van der Waals surface area (Å²) in [6.07, 6.45) is 0. The van der Waals surface area contributed by atoms with Crippen LogP contribution in [0.15, 0.2) is 168 Å². The number of hydrogen-bond donors (Lipinski definition) is 0. The first-order valence-electron chi connectivity index (χ1n) is 14.3. The molecule has 0 saturated heterocycles. The van der Waals surface area contributed by atoms with E-state index in [9.17, 15) is 0 Å². The summed E-state index contributed by atoms with van der Waals surface area (Å²) in [5.41, 5.74) is 9.73. The van der Waals surface area contributed by atoms with E-state index in [-0.39, 0.29) is 0 Å². The number of fused-ring (bicyclic) bond motifs is 5. The maximum atomic E-state index is 6.77. The lowest BCUT2D eigenvalue weighted by Gasteiger charge is -2.26. The van der Waals surface area contributed by atoms with Gasteiger partial charge in [-0.3, -0.25) is 0 Å². The minimum absolute atomic E-state index is 0.878. The fraction of sp³-hybridized carbons (Fsp3) is 0. The van der Waals surface area contributed by atoms with Crippen molar-refractivity contribution in [2.75, 3.05) is 4.90 Å². The molecule has 0 saturated carbocycles. The summed E-state index contributed by atoms with van der Waals surface area (Å²) in [4.78, 5) is 2.30. The molecule has 1 heterocycles. The Morgan fingerprint density at radius 1 is 0.333 bits per heavy atom. The molecule has 0 aliphatic carbocycles. The molecule has 0 radical (unpaired) electrons. The van der Waals surface area contributed by atoms with E-state index in [4.69, 9.17) is 4.42 Å². The number of furan rings is 1. The van der Waals surface area contributed by atoms with Crippen molar-refractivity contribution in [3.63, 3.8) is 0 Å². The van der Waals surface area contributed by atoms with Gasteiger partial charge < -0.3 is 9.32 Å². The van der Waals surface area contributed by atoms with Gasteiger partial charge >= 0.3 is 0 Å². The zero-order valence-electron chi connectivity index (χ0n) is 22.9. The van der Waals surface area contributed by atoms with Gasteiger partial charge in [-0.25, -0.2) is 0 Å². The molecule has 8 rings (SSSR count). The Morgan fingerprint density at radius 3 is 1.45 bits per heavy atom. The first kappa shape index (κ1) is 24.2. The summed E-state index contributed by atoms with van der Waals surface area (Å²) >= 11 is 0. The molecule has 0 unspecified atom stereocenters. The highest BCUT2D eigenvalue weighted by molar-refractivity contribution is 6.17. The van der Waals surface area contributed by atoms with Crippen LogP contribution in [-0.2, 0) is 0 Å². The van der Waals surface area contributed by atoms with Gasteiger partial charge in [0.2, 0.25) is 0 Å². The Kier molecular flexibility index (Phi) is 5.82. The van der Waals surface area contributed by atoms with Gasteiger partial charge in [-0.2, -0.15) is 0 Å². The maximum Gasteiger partial charge on any atom is 0.159 e. The molecule has 0 amide bonds. The lowest BCUT2D eigenvalue weighted by Crippen LogP contribution is -2.10. The number of anilines is 3. The van der Waals surface area contributed by atoms with Gasteiger partial charge in [-0.1, -0.05) is 127 Å². The molecule has 0 N–H and O–H groups in total. The second-order valence-corrected chi connectivity index (χ2v) is 10.6. The normalized spacial score (nSPS) is 11.3. The summed E-state index contributed by atoms with van der Waals surface area (Å²) < 4.78 is 6.77. The molecule has 2 nitrogen and oxygen atoms in total. The van der Waals surface area contributed by atoms with Crippen molar-refractivity contribution >= 4 is 49.8 Å². The standard InChI is InChI=1S/C40H27NO/c1-3-10-28(11-4-1)30-18-23-33(24-19-30)41(34-25-20-31(21-26-34)29-12-5-2-6-13-29)38-17-9-16-36-37-27-22-32-14-7-8-15-35(32)39(37)42-40(36)38/h1-27H. The van der Waals surface area contributed by atoms with Crippen molar-refractivity contribution in [2.45, 2.75) is 0 Å². The molecule has 0 fully saturated rings. The molecule has 1 aromatic heterocycles. The van der Waals surface area contributed by atoms with Gasteiger partial charge in [0.1, 0.15) is 5.58 Å². The summed E-state index contributed by atoms with van der Waals surface area (Å²) in [6, 6.07) is 57.8. The summed E-state index contributed by atoms with van der Waals surface area (Å²) in [6.45, 7) is 0. The predicted molar refractivity (Wildman–Crippen MR) is 177 cm³/mol. The SMILES string of the molecule is c1ccc(-c2ccc(N(c3ccc(-c4ccccc4)cc3)c3cccc4c3oc3c5ccccc5ccc43)cc2)cc1. The van der Waals surface area contributed by atoms with Crippen LogP contribution in [0, 0.1) is 0 Å². The number of rotatable bonds is 5. The van der Waals surface area contributed by atoms with Crippen LogP contribution in [0.25, 0.3) is 55.0 Å². The Hall–Kier alpha value is -5.60. The van der Waals surface area contributed by atoms with E-state index in [1.165, 1.54) is 27.6 Å². The Bertz CT molecular complexity index is 2080. The number of para-hydroxylation sites is 1. The quantitative estimate of drug-likeness (QED) is 0.217. The van der Waals surface area contributed by atoms with Crippen molar-refractivity contribution in [3.8, 4) is 22.3 Å². The van der Waals surface area contributed by atoms with Crippen molar-refractivity contribution in [1.29, 1.82) is 0 Å². The van der Waals surface area contributed by atoms with E-state index in [1.807, 2.05) is 0 Å². The fourth-order valence-corrected chi connectivity index (χ4v) is 5.98. The van der Waals surface area contributed by atoms with Gasteiger partial charge in [0, 0.05) is 27.5 Å². The van der Waals surface area contributed by atoms with Crippen LogP contribution in [0.1, 0.15) is 0 Å². The molecule has 0 spiro atoms. The molecule has 0 aliphatic rings. The maximum absolute atomic E-state index is 6.77. The third kappa shape index (κ3) is 4.13. The lowest BCUT2D eigenvalue weighted by atomic mass is 10.0. The third-order valence-electron chi connectivity index (χ3n) is 8.07. The van der Waals surface area contributed by atoms with Crippen LogP contribution in [0.5, 0.6) is 0 Å². The third-order valence-corrected chi connectivity index (χ3v) is 8.07. The zero-order chi connectivity index (χ0) is 27.9. The minimum atomic E-state index is 0.878. The highest BCUT2D eigenvalue weighted by Gasteiger charge is 2.20. The monoisotopic (exact) mass is 537 g/mol. The first-order chi connectivity index (χ1) is 20.8. The van der Waals surface area contributed by atoms with Gasteiger partial charge in [0.15, 0.2) is 5.58 Å². The van der Waals surface area contributed by atoms with Crippen LogP contribution in [0.3, 0.4) is 0 Å². The van der Waals surface area contributed by atoms with E-state index in [0.717, 1.165) is 44.4 Å². The number of nitrogens with zero attached hydrogens (tertiary/aromatic N) is 1. The van der Waals surface area contributed by atoms with Crippen molar-refractivity contribution in [2.24, 2.45) is 0 Å². The smallest absolute Gasteiger partial charge is 0.159 e. The molecule has 198 valence electrons. The molecule has 0 atom stereocenters. The van der Waals surface area contributed by atoms with Crippen molar-refractivity contribution in [3.05, 3.63) is 164 Å². The van der Waals surface area contributed by atoms with Gasteiger partial charge in [-0.05, 0) is 64.0 Å². The average molecular weight is 538 g/mol. The van der Waals surface area contributed by atoms with E-state index >= 15 is 0 Å². The molecule has 8 aromatic rings. The second kappa shape index (κ2) is 10.1. The van der Waals surface area contributed by atoms with Gasteiger partial charge in [0.25, 0.3) is 0 Å². The average Bonchev–Trinajstić information content (AvgIpc) is 3.47. The van der Waals surface area contributed by atoms with E-state index < -0.39 is 0 Å². The highest BCUT2D eigenvalue weighted by atomic mass is 16.3. The molecule has 7 aromatic carbocycles. The van der Waals surface area contributed by atoms with Gasteiger partial charge in [0.05, 0.1) is 5.69 Å². The highest BCUT2D eigenvalue weighted by Crippen LogP contribution is 2.44. The van der Waals surface area contributed by atoms with Crippen molar-refractivity contribution in [1.82, 2.24) is 0 Å². The summed E-state index contributed by atoms with van der Waals surface area (Å²) in [5, 5.41) is 4.54. The largest absolute Gasteiger partial charge is 0.453 e. The second-order valence-electron chi connectivity index (χ2n) is 10.6. The Labute approximate surface area is 244 Å². The molecule has 2 heteroatoms. The Morgan fingerprint density at radius 2 is 0.833 bits per heavy atom. The fourth-order valence-electron chi connectivity index (χ4n) is 5.98. The molecule has 0 aliphatic heterocycles. The van der Waals surface area contributed by atoms with Gasteiger partial charge in [-0.15, -0.1) is 0 Å². The zero-order valence-corrected chi connectivity index (χ0v) is 22.9. The van der Waals surface area contributed by atoms with E-state index in [0.29, 0.717) is 0 Å². The van der Waals surface area contributed by atoms with Crippen LogP contribution in [0.4, 0.5) is 17.1 Å². The minimum Gasteiger partial charge on any atom is -0.453 e. The van der Waals surface area contributed by atoms with Crippen LogP contribution >= 0.6 is 0 Å². The van der Waals surface area contributed by atoms with E-state index in [1.54, 1.807) is 0 Å². The summed E-state index contributed by atoms with van der Waals surface area (Å²) in [7, 11) is 0. The lowest BCUT2D eigenvalue weighted by molar-refractivity contribution is 0.673. The van der Waals surface area contributed by atoms with Crippen LogP contribution < -0.4 is 4.90 Å². The van der Waals surface area contributed by atoms with Crippen LogP contribution in [0.2, 0.25) is 0 Å². The summed E-state index contributed by atoms with van der Waals surface area (Å²) in [5.74, 6) is 0.